The van der Waals surface area contributed by atoms with E-state index >= 15 is 0 Å². The highest BCUT2D eigenvalue weighted by atomic mass is 16.5. The van der Waals surface area contributed by atoms with Gasteiger partial charge >= 0.3 is 0 Å². The maximum atomic E-state index is 12.0. The zero-order chi connectivity index (χ0) is 15.2. The van der Waals surface area contributed by atoms with Gasteiger partial charge in [-0.2, -0.15) is 0 Å². The molecule has 1 heterocycles. The molecule has 108 valence electrons. The van der Waals surface area contributed by atoms with Gasteiger partial charge in [-0.1, -0.05) is 17.9 Å². The van der Waals surface area contributed by atoms with Crippen LogP contribution in [0.4, 0.5) is 0 Å². The number of hydrogen-bond acceptors (Lipinski definition) is 3. The van der Waals surface area contributed by atoms with Crippen molar-refractivity contribution in [3.63, 3.8) is 0 Å². The monoisotopic (exact) mass is 283 g/mol. The lowest BCUT2D eigenvalue weighted by molar-refractivity contribution is 0.350. The molecule has 2 rings (SSSR count). The van der Waals surface area contributed by atoms with E-state index < -0.39 is 0 Å². The molecule has 4 heteroatoms. The fraction of sp³-hybridized carbons (Fsp3) is 0.235. The molecule has 0 spiro atoms. The van der Waals surface area contributed by atoms with E-state index in [1.807, 2.05) is 31.2 Å². The molecule has 0 aliphatic carbocycles. The van der Waals surface area contributed by atoms with Crippen molar-refractivity contribution in [3.8, 4) is 17.6 Å². The Balaban J connectivity index is 2.44. The van der Waals surface area contributed by atoms with Gasteiger partial charge in [0.15, 0.2) is 0 Å². The Kier molecular flexibility index (Phi) is 4.81. The van der Waals surface area contributed by atoms with Crippen LogP contribution < -0.4 is 10.3 Å². The third-order valence-electron chi connectivity index (χ3n) is 3.19. The summed E-state index contributed by atoms with van der Waals surface area (Å²) in [4.78, 5) is 12.0. The molecule has 0 aliphatic rings. The van der Waals surface area contributed by atoms with E-state index in [4.69, 9.17) is 9.84 Å². The summed E-state index contributed by atoms with van der Waals surface area (Å²) in [5, 5.41) is 8.76. The zero-order valence-electron chi connectivity index (χ0n) is 12.1. The predicted molar refractivity (Wildman–Crippen MR) is 81.5 cm³/mol. The summed E-state index contributed by atoms with van der Waals surface area (Å²) in [6.07, 6.45) is 0. The fourth-order valence-corrected chi connectivity index (χ4v) is 2.12. The highest BCUT2D eigenvalue weighted by Gasteiger charge is 2.07. The normalized spacial score (nSPS) is 9.86. The van der Waals surface area contributed by atoms with Crippen molar-refractivity contribution in [3.05, 3.63) is 63.6 Å². The van der Waals surface area contributed by atoms with Crippen molar-refractivity contribution in [1.82, 2.24) is 4.57 Å². The minimum atomic E-state index is -0.182. The first kappa shape index (κ1) is 14.9. The van der Waals surface area contributed by atoms with Crippen LogP contribution in [0.2, 0.25) is 0 Å². The summed E-state index contributed by atoms with van der Waals surface area (Å²) < 4.78 is 7.03. The van der Waals surface area contributed by atoms with E-state index in [1.54, 1.807) is 17.7 Å². The van der Waals surface area contributed by atoms with Gasteiger partial charge in [-0.15, -0.1) is 0 Å². The quantitative estimate of drug-likeness (QED) is 0.870. The Morgan fingerprint density at radius 2 is 2.10 bits per heavy atom. The number of methoxy groups -OCH3 is 1. The fourth-order valence-electron chi connectivity index (χ4n) is 2.12. The maximum absolute atomic E-state index is 12.0. The topological polar surface area (TPSA) is 51.5 Å². The molecule has 21 heavy (non-hydrogen) atoms. The number of aliphatic hydroxyl groups excluding tert-OH is 1. The van der Waals surface area contributed by atoms with Crippen molar-refractivity contribution >= 4 is 0 Å². The molecule has 0 aliphatic heterocycles. The van der Waals surface area contributed by atoms with Crippen LogP contribution in [0, 0.1) is 18.8 Å². The van der Waals surface area contributed by atoms with Gasteiger partial charge in [-0.05, 0) is 31.2 Å². The van der Waals surface area contributed by atoms with Crippen molar-refractivity contribution < 1.29 is 9.84 Å². The Morgan fingerprint density at radius 1 is 1.29 bits per heavy atom. The summed E-state index contributed by atoms with van der Waals surface area (Å²) in [6.45, 7) is 2.13. The van der Waals surface area contributed by atoms with Crippen LogP contribution >= 0.6 is 0 Å². The van der Waals surface area contributed by atoms with E-state index in [0.29, 0.717) is 12.3 Å². The third kappa shape index (κ3) is 3.53. The average molecular weight is 283 g/mol. The van der Waals surface area contributed by atoms with E-state index in [0.717, 1.165) is 16.8 Å². The van der Waals surface area contributed by atoms with Crippen LogP contribution in [0.1, 0.15) is 16.8 Å². The van der Waals surface area contributed by atoms with Crippen LogP contribution in [-0.2, 0) is 6.54 Å². The highest BCUT2D eigenvalue weighted by molar-refractivity contribution is 5.44. The number of aromatic nitrogens is 1. The molecule has 0 amide bonds. The van der Waals surface area contributed by atoms with Crippen LogP contribution in [-0.4, -0.2) is 23.4 Å². The van der Waals surface area contributed by atoms with E-state index in [2.05, 4.69) is 11.8 Å². The summed E-state index contributed by atoms with van der Waals surface area (Å²) in [7, 11) is 1.60. The van der Waals surface area contributed by atoms with E-state index in [1.165, 1.54) is 6.07 Å². The highest BCUT2D eigenvalue weighted by Crippen LogP contribution is 2.20. The van der Waals surface area contributed by atoms with Gasteiger partial charge in [0.1, 0.15) is 12.4 Å². The van der Waals surface area contributed by atoms with Crippen LogP contribution in [0.25, 0.3) is 0 Å². The summed E-state index contributed by atoms with van der Waals surface area (Å²) >= 11 is 0. The first-order valence-corrected chi connectivity index (χ1v) is 6.59. The largest absolute Gasteiger partial charge is 0.496 e. The van der Waals surface area contributed by atoms with Crippen LogP contribution in [0.15, 0.2) is 41.2 Å². The van der Waals surface area contributed by atoms with Gasteiger partial charge in [0.05, 0.1) is 13.7 Å². The van der Waals surface area contributed by atoms with Crippen LogP contribution in [0.3, 0.4) is 0 Å². The molecule has 4 nitrogen and oxygen atoms in total. The molecule has 0 unspecified atom stereocenters. The number of aliphatic hydroxyl groups is 1. The number of hydrogen-bond donors (Lipinski definition) is 1. The number of nitrogens with zero attached hydrogens (tertiary/aromatic N) is 1. The lowest BCUT2D eigenvalue weighted by Gasteiger charge is -2.13. The Labute approximate surface area is 123 Å². The molecular weight excluding hydrogens is 266 g/mol. The molecule has 0 saturated heterocycles. The number of ether oxygens (including phenoxy) is 1. The van der Waals surface area contributed by atoms with Crippen molar-refractivity contribution in [2.45, 2.75) is 13.5 Å². The number of benzene rings is 1. The minimum absolute atomic E-state index is 0.0519. The molecule has 0 bridgehead atoms. The summed E-state index contributed by atoms with van der Waals surface area (Å²) in [5.41, 5.74) is 2.49. The van der Waals surface area contributed by atoms with E-state index in [-0.39, 0.29) is 12.2 Å². The number of aryl methyl sites for hydroxylation is 1. The molecule has 2 aromatic rings. The van der Waals surface area contributed by atoms with Gasteiger partial charge in [0.25, 0.3) is 5.56 Å². The molecule has 1 N–H and O–H groups in total. The Bertz CT molecular complexity index is 751. The molecule has 0 fully saturated rings. The lowest BCUT2D eigenvalue weighted by atomic mass is 10.1. The number of rotatable bonds is 3. The summed E-state index contributed by atoms with van der Waals surface area (Å²) in [5.74, 6) is 6.18. The molecular formula is C17H17NO3. The molecule has 0 radical (unpaired) electrons. The van der Waals surface area contributed by atoms with Gasteiger partial charge in [0.2, 0.25) is 0 Å². The third-order valence-corrected chi connectivity index (χ3v) is 3.19. The van der Waals surface area contributed by atoms with Gasteiger partial charge in [0, 0.05) is 22.9 Å². The predicted octanol–water partition coefficient (Wildman–Crippen LogP) is 1.56. The first-order valence-electron chi connectivity index (χ1n) is 6.59. The Hall–Kier alpha value is -2.51. The van der Waals surface area contributed by atoms with Crippen molar-refractivity contribution in [2.75, 3.05) is 13.7 Å². The SMILES string of the molecule is COc1ccc(C#CCO)cc1Cn1c(C)cccc1=O. The molecule has 0 saturated carbocycles. The van der Waals surface area contributed by atoms with Gasteiger partial charge in [-0.3, -0.25) is 4.79 Å². The molecule has 1 aromatic heterocycles. The van der Waals surface area contributed by atoms with Gasteiger partial charge in [-0.25, -0.2) is 0 Å². The van der Waals surface area contributed by atoms with Gasteiger partial charge < -0.3 is 14.4 Å². The second kappa shape index (κ2) is 6.78. The summed E-state index contributed by atoms with van der Waals surface area (Å²) in [6, 6.07) is 10.7. The standard InChI is InChI=1S/C17H17NO3/c1-13-5-3-7-17(20)18(13)12-15-11-14(6-4-10-19)8-9-16(15)21-2/h3,5,7-9,11,19H,10,12H2,1-2H3. The van der Waals surface area contributed by atoms with Crippen LogP contribution in [0.5, 0.6) is 5.75 Å². The minimum Gasteiger partial charge on any atom is -0.496 e. The lowest BCUT2D eigenvalue weighted by Crippen LogP contribution is -2.21. The van der Waals surface area contributed by atoms with Crippen molar-refractivity contribution in [1.29, 1.82) is 0 Å². The average Bonchev–Trinajstić information content (AvgIpc) is 2.49. The zero-order valence-corrected chi connectivity index (χ0v) is 12.1. The molecule has 1 aromatic carbocycles. The maximum Gasteiger partial charge on any atom is 0.251 e. The Morgan fingerprint density at radius 3 is 2.76 bits per heavy atom. The smallest absolute Gasteiger partial charge is 0.251 e. The second-order valence-corrected chi connectivity index (χ2v) is 4.58. The molecule has 0 atom stereocenters. The number of pyridine rings is 1. The van der Waals surface area contributed by atoms with E-state index in [9.17, 15) is 4.79 Å². The second-order valence-electron chi connectivity index (χ2n) is 4.58. The first-order chi connectivity index (χ1) is 10.2. The van der Waals surface area contributed by atoms with Crippen molar-refractivity contribution in [2.24, 2.45) is 0 Å².